The molecule has 106 valence electrons. The molecule has 1 heterocycles. The second kappa shape index (κ2) is 6.93. The molecule has 0 aromatic heterocycles. The molecule has 1 aromatic carbocycles. The number of hydrogen-bond donors (Lipinski definition) is 0. The average Bonchev–Trinajstić information content (AvgIpc) is 2.30. The van der Waals surface area contributed by atoms with Crippen LogP contribution in [0.4, 0.5) is 0 Å². The quantitative estimate of drug-likeness (QED) is 0.830. The zero-order chi connectivity index (χ0) is 13.8. The molecule has 0 bridgehead atoms. The van der Waals surface area contributed by atoms with Crippen LogP contribution in [-0.2, 0) is 4.74 Å². The molecule has 0 aliphatic carbocycles. The van der Waals surface area contributed by atoms with Crippen LogP contribution in [0.25, 0.3) is 0 Å². The molecule has 1 fully saturated rings. The lowest BCUT2D eigenvalue weighted by atomic mass is 10.2. The van der Waals surface area contributed by atoms with E-state index in [0.717, 1.165) is 29.9 Å². The summed E-state index contributed by atoms with van der Waals surface area (Å²) in [7, 11) is 0. The Morgan fingerprint density at radius 3 is 2.68 bits per heavy atom. The molecule has 5 heteroatoms. The maximum atomic E-state index is 5.90. The average molecular weight is 349 g/mol. The van der Waals surface area contributed by atoms with Crippen LogP contribution < -0.4 is 4.74 Å². The molecule has 2 atom stereocenters. The molecule has 0 N–H and O–H groups in total. The molecular weight excluding hydrogens is 330 g/mol. The number of morpholine rings is 1. The minimum absolute atomic E-state index is 0.297. The third-order valence-corrected chi connectivity index (χ3v) is 3.91. The molecule has 0 amide bonds. The highest BCUT2D eigenvalue weighted by Gasteiger charge is 2.21. The summed E-state index contributed by atoms with van der Waals surface area (Å²) in [5.74, 6) is 0.832. The molecular formula is C14H19BrClNO2. The van der Waals surface area contributed by atoms with Gasteiger partial charge in [-0.2, -0.15) is 0 Å². The second-order valence-electron chi connectivity index (χ2n) is 4.94. The number of benzene rings is 1. The lowest BCUT2D eigenvalue weighted by Crippen LogP contribution is -2.46. The van der Waals surface area contributed by atoms with E-state index in [-0.39, 0.29) is 0 Å². The summed E-state index contributed by atoms with van der Waals surface area (Å²) in [5.41, 5.74) is 0. The van der Waals surface area contributed by atoms with E-state index in [9.17, 15) is 0 Å². The predicted molar refractivity (Wildman–Crippen MR) is 81.1 cm³/mol. The van der Waals surface area contributed by atoms with Crippen molar-refractivity contribution in [3.05, 3.63) is 27.7 Å². The van der Waals surface area contributed by atoms with E-state index in [1.807, 2.05) is 18.2 Å². The highest BCUT2D eigenvalue weighted by atomic mass is 79.9. The van der Waals surface area contributed by atoms with Gasteiger partial charge in [0.15, 0.2) is 0 Å². The van der Waals surface area contributed by atoms with Crippen molar-refractivity contribution >= 4 is 27.5 Å². The molecule has 1 aliphatic heterocycles. The van der Waals surface area contributed by atoms with Gasteiger partial charge in [0, 0.05) is 24.7 Å². The molecule has 0 saturated carbocycles. The summed E-state index contributed by atoms with van der Waals surface area (Å²) >= 11 is 9.35. The Bertz CT molecular complexity index is 420. The van der Waals surface area contributed by atoms with Crippen molar-refractivity contribution < 1.29 is 9.47 Å². The fraction of sp³-hybridized carbons (Fsp3) is 0.571. The van der Waals surface area contributed by atoms with E-state index >= 15 is 0 Å². The van der Waals surface area contributed by atoms with E-state index in [0.29, 0.717) is 23.8 Å². The van der Waals surface area contributed by atoms with Gasteiger partial charge < -0.3 is 9.47 Å². The second-order valence-corrected chi connectivity index (χ2v) is 6.23. The van der Waals surface area contributed by atoms with Crippen molar-refractivity contribution in [2.75, 3.05) is 26.2 Å². The van der Waals surface area contributed by atoms with Gasteiger partial charge in [-0.05, 0) is 48.0 Å². The number of ether oxygens (including phenoxy) is 2. The van der Waals surface area contributed by atoms with E-state index in [4.69, 9.17) is 21.1 Å². The van der Waals surface area contributed by atoms with Gasteiger partial charge in [-0.25, -0.2) is 0 Å². The number of halogens is 2. The first-order chi connectivity index (χ1) is 9.04. The van der Waals surface area contributed by atoms with Crippen molar-refractivity contribution in [1.82, 2.24) is 4.90 Å². The van der Waals surface area contributed by atoms with Crippen LogP contribution in [-0.4, -0.2) is 43.3 Å². The fourth-order valence-electron chi connectivity index (χ4n) is 2.34. The van der Waals surface area contributed by atoms with Crippen LogP contribution in [0.3, 0.4) is 0 Å². The van der Waals surface area contributed by atoms with E-state index in [1.54, 1.807) is 0 Å². The summed E-state index contributed by atoms with van der Waals surface area (Å²) in [4.78, 5) is 2.38. The molecule has 19 heavy (non-hydrogen) atoms. The Hall–Kier alpha value is -0.290. The van der Waals surface area contributed by atoms with Gasteiger partial charge in [-0.3, -0.25) is 4.90 Å². The zero-order valence-corrected chi connectivity index (χ0v) is 13.6. The van der Waals surface area contributed by atoms with Crippen molar-refractivity contribution in [2.45, 2.75) is 26.1 Å². The van der Waals surface area contributed by atoms with Gasteiger partial charge in [-0.1, -0.05) is 11.6 Å². The minimum atomic E-state index is 0.297. The van der Waals surface area contributed by atoms with Crippen LogP contribution in [0.1, 0.15) is 13.8 Å². The third kappa shape index (κ3) is 4.63. The lowest BCUT2D eigenvalue weighted by molar-refractivity contribution is -0.0699. The molecule has 1 aromatic rings. The molecule has 1 saturated heterocycles. The number of rotatable bonds is 4. The smallest absolute Gasteiger partial charge is 0.133 e. The molecule has 1 aliphatic rings. The van der Waals surface area contributed by atoms with E-state index in [1.165, 1.54) is 0 Å². The van der Waals surface area contributed by atoms with Gasteiger partial charge in [0.1, 0.15) is 12.4 Å². The van der Waals surface area contributed by atoms with Crippen LogP contribution in [0.2, 0.25) is 5.02 Å². The van der Waals surface area contributed by atoms with Gasteiger partial charge >= 0.3 is 0 Å². The first-order valence-electron chi connectivity index (χ1n) is 6.50. The Balaban J connectivity index is 1.80. The Labute approximate surface area is 128 Å². The van der Waals surface area contributed by atoms with Crippen molar-refractivity contribution in [3.8, 4) is 5.75 Å². The summed E-state index contributed by atoms with van der Waals surface area (Å²) < 4.78 is 12.4. The van der Waals surface area contributed by atoms with Gasteiger partial charge in [0.2, 0.25) is 0 Å². The largest absolute Gasteiger partial charge is 0.491 e. The monoisotopic (exact) mass is 347 g/mol. The van der Waals surface area contributed by atoms with Crippen LogP contribution in [0, 0.1) is 0 Å². The van der Waals surface area contributed by atoms with Crippen molar-refractivity contribution in [1.29, 1.82) is 0 Å². The standard InChI is InChI=1S/C14H19BrClNO2/c1-10-8-17(9-11(2)19-10)5-6-18-14-4-3-12(16)7-13(14)15/h3-4,7,10-11H,5-6,8-9H2,1-2H3/t10-,11-/m1/s1. The van der Waals surface area contributed by atoms with Crippen LogP contribution >= 0.6 is 27.5 Å². The van der Waals surface area contributed by atoms with E-state index < -0.39 is 0 Å². The summed E-state index contributed by atoms with van der Waals surface area (Å²) in [5, 5.41) is 0.704. The maximum absolute atomic E-state index is 5.90. The Kier molecular flexibility index (Phi) is 5.51. The molecule has 2 rings (SSSR count). The first kappa shape index (κ1) is 15.1. The number of nitrogens with zero attached hydrogens (tertiary/aromatic N) is 1. The molecule has 3 nitrogen and oxygen atoms in total. The SMILES string of the molecule is C[C@@H]1CN(CCOc2ccc(Cl)cc2Br)C[C@@H](C)O1. The topological polar surface area (TPSA) is 21.7 Å². The number of hydrogen-bond acceptors (Lipinski definition) is 3. The molecule has 0 radical (unpaired) electrons. The minimum Gasteiger partial charge on any atom is -0.491 e. The van der Waals surface area contributed by atoms with Crippen molar-refractivity contribution in [2.24, 2.45) is 0 Å². The normalized spacial score (nSPS) is 24.4. The van der Waals surface area contributed by atoms with Gasteiger partial charge in [0.25, 0.3) is 0 Å². The Morgan fingerprint density at radius 1 is 1.37 bits per heavy atom. The van der Waals surface area contributed by atoms with Crippen LogP contribution in [0.5, 0.6) is 5.75 Å². The first-order valence-corrected chi connectivity index (χ1v) is 7.67. The predicted octanol–water partition coefficient (Wildman–Crippen LogP) is 3.59. The van der Waals surface area contributed by atoms with Gasteiger partial charge in [-0.15, -0.1) is 0 Å². The highest BCUT2D eigenvalue weighted by molar-refractivity contribution is 9.10. The van der Waals surface area contributed by atoms with Crippen LogP contribution in [0.15, 0.2) is 22.7 Å². The highest BCUT2D eigenvalue weighted by Crippen LogP contribution is 2.27. The maximum Gasteiger partial charge on any atom is 0.133 e. The summed E-state index contributed by atoms with van der Waals surface area (Å²) in [6.45, 7) is 7.73. The molecule has 0 spiro atoms. The van der Waals surface area contributed by atoms with Gasteiger partial charge in [0.05, 0.1) is 16.7 Å². The van der Waals surface area contributed by atoms with Crippen molar-refractivity contribution in [3.63, 3.8) is 0 Å². The third-order valence-electron chi connectivity index (χ3n) is 3.05. The lowest BCUT2D eigenvalue weighted by Gasteiger charge is -2.35. The summed E-state index contributed by atoms with van der Waals surface area (Å²) in [6.07, 6.45) is 0.594. The Morgan fingerprint density at radius 2 is 2.05 bits per heavy atom. The summed E-state index contributed by atoms with van der Waals surface area (Å²) in [6, 6.07) is 5.56. The fourth-order valence-corrected chi connectivity index (χ4v) is 3.14. The van der Waals surface area contributed by atoms with E-state index in [2.05, 4.69) is 34.7 Å². The zero-order valence-electron chi connectivity index (χ0n) is 11.2. The molecule has 0 unspecified atom stereocenters.